The first-order valence-electron chi connectivity index (χ1n) is 8.13. The fourth-order valence-electron chi connectivity index (χ4n) is 3.04. The molecular weight excluding hydrogens is 366 g/mol. The Balaban J connectivity index is 0.00000243. The molecule has 2 aromatic rings. The zero-order valence-electron chi connectivity index (χ0n) is 14.2. The summed E-state index contributed by atoms with van der Waals surface area (Å²) in [6, 6.07) is 6.65. The fraction of sp³-hybridized carbons (Fsp3) is 0.412. The van der Waals surface area contributed by atoms with E-state index >= 15 is 0 Å². The number of aromatic nitrogens is 2. The summed E-state index contributed by atoms with van der Waals surface area (Å²) in [4.78, 5) is 14.6. The van der Waals surface area contributed by atoms with Gasteiger partial charge < -0.3 is 15.0 Å². The minimum atomic E-state index is -2.90. The highest BCUT2D eigenvalue weighted by atomic mass is 35.5. The van der Waals surface area contributed by atoms with Crippen LogP contribution >= 0.6 is 12.4 Å². The number of carbonyl (C=O) groups excluding carboxylic acids is 1. The normalized spacial score (nSPS) is 15.0. The van der Waals surface area contributed by atoms with Crippen LogP contribution in [0.2, 0.25) is 0 Å². The molecule has 0 unspecified atom stereocenters. The van der Waals surface area contributed by atoms with Crippen LogP contribution in [0, 0.1) is 0 Å². The molecule has 0 radical (unpaired) electrons. The van der Waals surface area contributed by atoms with Gasteiger partial charge in [-0.3, -0.25) is 9.89 Å². The van der Waals surface area contributed by atoms with Crippen molar-refractivity contribution in [2.24, 2.45) is 0 Å². The van der Waals surface area contributed by atoms with E-state index in [1.54, 1.807) is 17.0 Å². The molecule has 0 spiro atoms. The van der Waals surface area contributed by atoms with Crippen molar-refractivity contribution in [2.45, 2.75) is 25.5 Å². The summed E-state index contributed by atoms with van der Waals surface area (Å²) in [5.41, 5.74) is 1.50. The minimum absolute atomic E-state index is 0. The number of H-pyrrole nitrogens is 1. The van der Waals surface area contributed by atoms with Crippen LogP contribution in [-0.4, -0.2) is 53.8 Å². The molecule has 3 rings (SSSR count). The van der Waals surface area contributed by atoms with Crippen LogP contribution in [0.15, 0.2) is 30.5 Å². The lowest BCUT2D eigenvalue weighted by Gasteiger charge is -2.31. The van der Waals surface area contributed by atoms with E-state index in [1.165, 1.54) is 18.3 Å². The molecule has 26 heavy (non-hydrogen) atoms. The van der Waals surface area contributed by atoms with Crippen LogP contribution in [0.5, 0.6) is 5.75 Å². The molecule has 9 heteroatoms. The Morgan fingerprint density at radius 2 is 2.12 bits per heavy atom. The number of halogens is 3. The molecule has 2 heterocycles. The van der Waals surface area contributed by atoms with Crippen LogP contribution < -0.4 is 10.1 Å². The second kappa shape index (κ2) is 8.95. The van der Waals surface area contributed by atoms with Crippen LogP contribution in [0.3, 0.4) is 0 Å². The van der Waals surface area contributed by atoms with E-state index in [1.807, 2.05) is 7.05 Å². The summed E-state index contributed by atoms with van der Waals surface area (Å²) in [6.45, 7) is -1.56. The molecule has 142 valence electrons. The third-order valence-electron chi connectivity index (χ3n) is 4.41. The number of nitrogens with one attached hydrogen (secondary N) is 2. The van der Waals surface area contributed by atoms with E-state index in [2.05, 4.69) is 20.3 Å². The Kier molecular flexibility index (Phi) is 6.93. The van der Waals surface area contributed by atoms with Gasteiger partial charge in [-0.25, -0.2) is 0 Å². The summed E-state index contributed by atoms with van der Waals surface area (Å²) in [7, 11) is 1.92. The Morgan fingerprint density at radius 1 is 1.38 bits per heavy atom. The zero-order valence-corrected chi connectivity index (χ0v) is 15.1. The predicted octanol–water partition coefficient (Wildman–Crippen LogP) is 2.92. The van der Waals surface area contributed by atoms with Crippen LogP contribution in [-0.2, 0) is 0 Å². The van der Waals surface area contributed by atoms with Crippen LogP contribution in [0.1, 0.15) is 23.2 Å². The standard InChI is InChI=1S/C17H20F2N4O2.ClH/c1-20-12-5-7-23(8-6-12)16(24)14-10-21-22-15(14)11-3-2-4-13(9-11)25-17(18)19;/h2-4,9-10,12,17,20H,5-8H2,1H3,(H,21,22);1H. The van der Waals surface area contributed by atoms with E-state index in [4.69, 9.17) is 0 Å². The number of hydrogen-bond acceptors (Lipinski definition) is 4. The molecule has 6 nitrogen and oxygen atoms in total. The van der Waals surface area contributed by atoms with Gasteiger partial charge in [0.15, 0.2) is 0 Å². The molecular formula is C17H21ClF2N4O2. The van der Waals surface area contributed by atoms with Crippen molar-refractivity contribution in [1.29, 1.82) is 0 Å². The SMILES string of the molecule is CNC1CCN(C(=O)c2cn[nH]c2-c2cccc(OC(F)F)c2)CC1.Cl. The average Bonchev–Trinajstić information content (AvgIpc) is 3.10. The second-order valence-electron chi connectivity index (χ2n) is 5.92. The summed E-state index contributed by atoms with van der Waals surface area (Å²) in [5, 5.41) is 9.98. The monoisotopic (exact) mass is 386 g/mol. The number of aromatic amines is 1. The first kappa shape index (κ1) is 20.1. The number of alkyl halides is 2. The van der Waals surface area contributed by atoms with Crippen molar-refractivity contribution in [2.75, 3.05) is 20.1 Å². The molecule has 2 N–H and O–H groups in total. The zero-order chi connectivity index (χ0) is 17.8. The first-order chi connectivity index (χ1) is 12.1. The number of rotatable bonds is 5. The van der Waals surface area contributed by atoms with Gasteiger partial charge in [0, 0.05) is 24.7 Å². The van der Waals surface area contributed by atoms with E-state index in [-0.39, 0.29) is 24.1 Å². The molecule has 1 aromatic carbocycles. The van der Waals surface area contributed by atoms with Crippen molar-refractivity contribution < 1.29 is 18.3 Å². The number of likely N-dealkylation sites (tertiary alicyclic amines) is 1. The van der Waals surface area contributed by atoms with Gasteiger partial charge in [-0.2, -0.15) is 13.9 Å². The lowest BCUT2D eigenvalue weighted by atomic mass is 10.0. The van der Waals surface area contributed by atoms with Gasteiger partial charge in [-0.15, -0.1) is 12.4 Å². The summed E-state index contributed by atoms with van der Waals surface area (Å²) < 4.78 is 29.2. The second-order valence-corrected chi connectivity index (χ2v) is 5.92. The van der Waals surface area contributed by atoms with Crippen molar-refractivity contribution >= 4 is 18.3 Å². The molecule has 1 aliphatic rings. The number of piperidine rings is 1. The fourth-order valence-corrected chi connectivity index (χ4v) is 3.04. The number of carbonyl (C=O) groups is 1. The van der Waals surface area contributed by atoms with E-state index in [9.17, 15) is 13.6 Å². The Labute approximate surface area is 156 Å². The largest absolute Gasteiger partial charge is 0.435 e. The first-order valence-corrected chi connectivity index (χ1v) is 8.13. The van der Waals surface area contributed by atoms with E-state index in [0.717, 1.165) is 12.8 Å². The van der Waals surface area contributed by atoms with Gasteiger partial charge in [-0.05, 0) is 32.0 Å². The van der Waals surface area contributed by atoms with Crippen molar-refractivity contribution in [3.63, 3.8) is 0 Å². The summed E-state index contributed by atoms with van der Waals surface area (Å²) in [5.74, 6) is -0.0752. The molecule has 1 saturated heterocycles. The highest BCUT2D eigenvalue weighted by Gasteiger charge is 2.25. The maximum atomic E-state index is 12.8. The van der Waals surface area contributed by atoms with Gasteiger partial charge in [-0.1, -0.05) is 12.1 Å². The maximum Gasteiger partial charge on any atom is 0.387 e. The lowest BCUT2D eigenvalue weighted by Crippen LogP contribution is -2.44. The third kappa shape index (κ3) is 4.50. The van der Waals surface area contributed by atoms with Gasteiger partial charge in [0.1, 0.15) is 5.75 Å². The van der Waals surface area contributed by atoms with Gasteiger partial charge in [0.2, 0.25) is 0 Å². The number of amides is 1. The molecule has 1 fully saturated rings. The Morgan fingerprint density at radius 3 is 2.77 bits per heavy atom. The van der Waals surface area contributed by atoms with Crippen molar-refractivity contribution in [3.8, 4) is 17.0 Å². The Bertz CT molecular complexity index is 733. The average molecular weight is 387 g/mol. The van der Waals surface area contributed by atoms with Crippen molar-refractivity contribution in [1.82, 2.24) is 20.4 Å². The highest BCUT2D eigenvalue weighted by Crippen LogP contribution is 2.27. The van der Waals surface area contributed by atoms with Gasteiger partial charge in [0.25, 0.3) is 5.91 Å². The molecule has 0 saturated carbocycles. The number of benzene rings is 1. The molecule has 0 aliphatic carbocycles. The maximum absolute atomic E-state index is 12.8. The number of hydrogen-bond donors (Lipinski definition) is 2. The highest BCUT2D eigenvalue weighted by molar-refractivity contribution is 5.99. The summed E-state index contributed by atoms with van der Waals surface area (Å²) >= 11 is 0. The predicted molar refractivity (Wildman–Crippen MR) is 95.9 cm³/mol. The van der Waals surface area contributed by atoms with Crippen molar-refractivity contribution in [3.05, 3.63) is 36.0 Å². The number of ether oxygens (including phenoxy) is 1. The van der Waals surface area contributed by atoms with E-state index in [0.29, 0.717) is 36.0 Å². The Hall–Kier alpha value is -2.19. The van der Waals surface area contributed by atoms with Crippen LogP contribution in [0.4, 0.5) is 8.78 Å². The molecule has 1 amide bonds. The smallest absolute Gasteiger partial charge is 0.387 e. The third-order valence-corrected chi connectivity index (χ3v) is 4.41. The number of nitrogens with zero attached hydrogens (tertiary/aromatic N) is 2. The summed E-state index contributed by atoms with van der Waals surface area (Å²) in [6.07, 6.45) is 3.27. The molecule has 0 bridgehead atoms. The molecule has 1 aliphatic heterocycles. The van der Waals surface area contributed by atoms with Gasteiger partial charge in [0.05, 0.1) is 17.5 Å². The van der Waals surface area contributed by atoms with E-state index < -0.39 is 6.61 Å². The van der Waals surface area contributed by atoms with Crippen LogP contribution in [0.25, 0.3) is 11.3 Å². The minimum Gasteiger partial charge on any atom is -0.435 e. The lowest BCUT2D eigenvalue weighted by molar-refractivity contribution is -0.0498. The quantitative estimate of drug-likeness (QED) is 0.829. The van der Waals surface area contributed by atoms with Gasteiger partial charge >= 0.3 is 6.61 Å². The molecule has 0 atom stereocenters. The molecule has 1 aromatic heterocycles. The topological polar surface area (TPSA) is 70.2 Å².